The van der Waals surface area contributed by atoms with E-state index in [9.17, 15) is 9.90 Å². The van der Waals surface area contributed by atoms with Crippen LogP contribution in [0.3, 0.4) is 0 Å². The van der Waals surface area contributed by atoms with Gasteiger partial charge in [0.1, 0.15) is 12.4 Å². The van der Waals surface area contributed by atoms with Crippen LogP contribution in [0.5, 0.6) is 0 Å². The zero-order valence-electron chi connectivity index (χ0n) is 11.4. The van der Waals surface area contributed by atoms with Gasteiger partial charge in [-0.1, -0.05) is 27.7 Å². The molecule has 0 aliphatic rings. The molecular formula is C14H22O4. The van der Waals surface area contributed by atoms with Crippen LogP contribution in [0.25, 0.3) is 0 Å². The zero-order valence-corrected chi connectivity index (χ0v) is 11.4. The van der Waals surface area contributed by atoms with Crippen LogP contribution >= 0.6 is 0 Å². The van der Waals surface area contributed by atoms with Crippen molar-refractivity contribution in [3.8, 4) is 0 Å². The molecule has 1 aromatic heterocycles. The summed E-state index contributed by atoms with van der Waals surface area (Å²) in [7, 11) is 0. The van der Waals surface area contributed by atoms with Gasteiger partial charge in [0, 0.05) is 5.92 Å². The van der Waals surface area contributed by atoms with Crippen molar-refractivity contribution in [2.75, 3.05) is 0 Å². The van der Waals surface area contributed by atoms with Crippen molar-refractivity contribution in [3.05, 3.63) is 24.2 Å². The minimum absolute atomic E-state index is 0.0918. The van der Waals surface area contributed by atoms with Crippen molar-refractivity contribution in [1.29, 1.82) is 0 Å². The second-order valence-corrected chi connectivity index (χ2v) is 4.96. The first kappa shape index (κ1) is 14.8. The summed E-state index contributed by atoms with van der Waals surface area (Å²) in [6.07, 6.45) is 2.68. The highest BCUT2D eigenvalue weighted by Gasteiger charge is 2.29. The molecule has 1 rings (SSSR count). The van der Waals surface area contributed by atoms with Crippen LogP contribution < -0.4 is 0 Å². The van der Waals surface area contributed by atoms with Gasteiger partial charge in [0.2, 0.25) is 0 Å². The Bertz CT molecular complexity index is 356. The fraction of sp³-hybridized carbons (Fsp3) is 0.643. The van der Waals surface area contributed by atoms with Gasteiger partial charge in [0.15, 0.2) is 0 Å². The summed E-state index contributed by atoms with van der Waals surface area (Å²) in [4.78, 5) is 11.9. The molecule has 3 atom stereocenters. The van der Waals surface area contributed by atoms with E-state index in [-0.39, 0.29) is 17.9 Å². The molecule has 0 unspecified atom stereocenters. The standard InChI is InChI=1S/C14H22O4/c1-5-12(15)10(4)13(9(2)3)18-14(16)11-6-7-17-8-11/h6-10,12-13,15H,5H2,1-4H3/t10-,12-,13-/m0/s1. The van der Waals surface area contributed by atoms with Gasteiger partial charge in [-0.2, -0.15) is 0 Å². The van der Waals surface area contributed by atoms with Gasteiger partial charge >= 0.3 is 5.97 Å². The molecule has 1 N–H and O–H groups in total. The van der Waals surface area contributed by atoms with Crippen molar-refractivity contribution in [2.24, 2.45) is 11.8 Å². The van der Waals surface area contributed by atoms with Crippen molar-refractivity contribution >= 4 is 5.97 Å². The lowest BCUT2D eigenvalue weighted by atomic mass is 9.89. The monoisotopic (exact) mass is 254 g/mol. The molecule has 102 valence electrons. The van der Waals surface area contributed by atoms with E-state index < -0.39 is 12.1 Å². The maximum atomic E-state index is 11.9. The van der Waals surface area contributed by atoms with E-state index in [0.29, 0.717) is 12.0 Å². The van der Waals surface area contributed by atoms with Crippen molar-refractivity contribution in [2.45, 2.75) is 46.3 Å². The van der Waals surface area contributed by atoms with Crippen LogP contribution in [-0.4, -0.2) is 23.3 Å². The van der Waals surface area contributed by atoms with Gasteiger partial charge in [-0.15, -0.1) is 0 Å². The molecule has 0 spiro atoms. The number of carbonyl (C=O) groups is 1. The number of hydrogen-bond donors (Lipinski definition) is 1. The minimum atomic E-state index is -0.463. The van der Waals surface area contributed by atoms with Gasteiger partial charge in [-0.05, 0) is 18.4 Å². The van der Waals surface area contributed by atoms with Crippen LogP contribution in [0.4, 0.5) is 0 Å². The smallest absolute Gasteiger partial charge is 0.341 e. The summed E-state index contributed by atoms with van der Waals surface area (Å²) in [5, 5.41) is 9.88. The Kier molecular flexibility index (Phi) is 5.41. The highest BCUT2D eigenvalue weighted by molar-refractivity contribution is 5.89. The van der Waals surface area contributed by atoms with Crippen molar-refractivity contribution in [1.82, 2.24) is 0 Å². The minimum Gasteiger partial charge on any atom is -0.472 e. The van der Waals surface area contributed by atoms with Crippen LogP contribution in [0.15, 0.2) is 23.0 Å². The molecule has 18 heavy (non-hydrogen) atoms. The van der Waals surface area contributed by atoms with E-state index in [0.717, 1.165) is 0 Å². The zero-order chi connectivity index (χ0) is 13.7. The Morgan fingerprint density at radius 2 is 2.11 bits per heavy atom. The number of carbonyl (C=O) groups excluding carboxylic acids is 1. The SMILES string of the molecule is CC[C@H](O)[C@H](C)[C@@H](OC(=O)c1ccoc1)C(C)C. The first-order valence-electron chi connectivity index (χ1n) is 6.38. The van der Waals surface area contributed by atoms with Crippen LogP contribution in [0.1, 0.15) is 44.5 Å². The first-order valence-corrected chi connectivity index (χ1v) is 6.38. The topological polar surface area (TPSA) is 59.7 Å². The molecule has 0 saturated heterocycles. The highest BCUT2D eigenvalue weighted by atomic mass is 16.5. The van der Waals surface area contributed by atoms with E-state index in [1.165, 1.54) is 12.5 Å². The number of aliphatic hydroxyl groups is 1. The third-order valence-electron chi connectivity index (χ3n) is 3.20. The summed E-state index contributed by atoms with van der Waals surface area (Å²) in [5.41, 5.74) is 0.402. The largest absolute Gasteiger partial charge is 0.472 e. The van der Waals surface area contributed by atoms with E-state index in [4.69, 9.17) is 9.15 Å². The first-order chi connectivity index (χ1) is 8.47. The number of hydrogen-bond acceptors (Lipinski definition) is 4. The van der Waals surface area contributed by atoms with Gasteiger partial charge < -0.3 is 14.3 Å². The van der Waals surface area contributed by atoms with Crippen LogP contribution in [0.2, 0.25) is 0 Å². The van der Waals surface area contributed by atoms with Crippen LogP contribution in [0, 0.1) is 11.8 Å². The molecule has 0 aliphatic carbocycles. The van der Waals surface area contributed by atoms with Gasteiger partial charge in [-0.25, -0.2) is 4.79 Å². The van der Waals surface area contributed by atoms with E-state index in [1.807, 2.05) is 27.7 Å². The maximum absolute atomic E-state index is 11.9. The molecule has 0 fully saturated rings. The van der Waals surface area contributed by atoms with Gasteiger partial charge in [0.05, 0.1) is 17.9 Å². The fourth-order valence-electron chi connectivity index (χ4n) is 2.01. The van der Waals surface area contributed by atoms with Crippen molar-refractivity contribution < 1.29 is 19.1 Å². The predicted molar refractivity (Wildman–Crippen MR) is 68.2 cm³/mol. The lowest BCUT2D eigenvalue weighted by Crippen LogP contribution is -2.36. The third kappa shape index (κ3) is 3.60. The number of esters is 1. The van der Waals surface area contributed by atoms with Crippen LogP contribution in [-0.2, 0) is 4.74 Å². The average Bonchev–Trinajstić information content (AvgIpc) is 2.87. The number of furan rings is 1. The normalized spacial score (nSPS) is 16.3. The summed E-state index contributed by atoms with van der Waals surface area (Å²) in [6.45, 7) is 7.77. The Hall–Kier alpha value is -1.29. The number of rotatable bonds is 6. The van der Waals surface area contributed by atoms with E-state index in [2.05, 4.69) is 0 Å². The summed E-state index contributed by atoms with van der Waals surface area (Å²) in [6, 6.07) is 1.57. The molecule has 0 aromatic carbocycles. The molecule has 1 aromatic rings. The van der Waals surface area contributed by atoms with E-state index >= 15 is 0 Å². The molecule has 0 aliphatic heterocycles. The molecule has 4 nitrogen and oxygen atoms in total. The fourth-order valence-corrected chi connectivity index (χ4v) is 2.01. The quantitative estimate of drug-likeness (QED) is 0.793. The number of aliphatic hydroxyl groups excluding tert-OH is 1. The highest BCUT2D eigenvalue weighted by Crippen LogP contribution is 2.22. The Morgan fingerprint density at radius 3 is 2.56 bits per heavy atom. The summed E-state index contributed by atoms with van der Waals surface area (Å²) in [5.74, 6) is -0.347. The lowest BCUT2D eigenvalue weighted by Gasteiger charge is -2.30. The Labute approximate surface area is 108 Å². The second-order valence-electron chi connectivity index (χ2n) is 4.96. The summed E-state index contributed by atoms with van der Waals surface area (Å²) < 4.78 is 10.3. The van der Waals surface area contributed by atoms with Gasteiger partial charge in [-0.3, -0.25) is 0 Å². The molecule has 0 radical (unpaired) electrons. The van der Waals surface area contributed by atoms with Crippen molar-refractivity contribution in [3.63, 3.8) is 0 Å². The number of ether oxygens (including phenoxy) is 1. The molecule has 0 amide bonds. The summed E-state index contributed by atoms with van der Waals surface area (Å²) >= 11 is 0. The molecular weight excluding hydrogens is 232 g/mol. The molecule has 0 bridgehead atoms. The third-order valence-corrected chi connectivity index (χ3v) is 3.20. The lowest BCUT2D eigenvalue weighted by molar-refractivity contribution is -0.0316. The Balaban J connectivity index is 2.72. The average molecular weight is 254 g/mol. The predicted octanol–water partition coefficient (Wildman–Crippen LogP) is 2.87. The maximum Gasteiger partial charge on any atom is 0.341 e. The molecule has 1 heterocycles. The Morgan fingerprint density at radius 1 is 1.44 bits per heavy atom. The second kappa shape index (κ2) is 6.59. The van der Waals surface area contributed by atoms with Gasteiger partial charge in [0.25, 0.3) is 0 Å². The molecule has 0 saturated carbocycles. The molecule has 4 heteroatoms. The van der Waals surface area contributed by atoms with E-state index in [1.54, 1.807) is 6.07 Å².